The Morgan fingerprint density at radius 3 is 2.72 bits per heavy atom. The summed E-state index contributed by atoms with van der Waals surface area (Å²) in [6, 6.07) is 11.7. The number of imide groups is 1. The summed E-state index contributed by atoms with van der Waals surface area (Å²) in [5.41, 5.74) is 2.37. The van der Waals surface area contributed by atoms with Gasteiger partial charge in [-0.05, 0) is 68.4 Å². The number of benzene rings is 2. The normalized spacial score (nSPS) is 21.4. The average Bonchev–Trinajstić information content (AvgIpc) is 3.30. The molecule has 0 saturated carbocycles. The lowest BCUT2D eigenvalue weighted by Gasteiger charge is -2.42. The van der Waals surface area contributed by atoms with Crippen LogP contribution in [0.25, 0.3) is 10.9 Å². The Labute approximate surface area is 209 Å². The Bertz CT molecular complexity index is 1320. The quantitative estimate of drug-likeness (QED) is 0.417. The molecular weight excluding hydrogens is 460 g/mol. The molecule has 1 saturated heterocycles. The molecule has 2 atom stereocenters. The zero-order valence-electron chi connectivity index (χ0n) is 20.8. The van der Waals surface area contributed by atoms with Crippen LogP contribution in [0.2, 0.25) is 0 Å². The molecule has 0 unspecified atom stereocenters. The third-order valence-corrected chi connectivity index (χ3v) is 7.46. The van der Waals surface area contributed by atoms with Crippen LogP contribution in [0.15, 0.2) is 42.5 Å². The summed E-state index contributed by atoms with van der Waals surface area (Å²) < 4.78 is 5.45. The van der Waals surface area contributed by atoms with Gasteiger partial charge in [0.15, 0.2) is 0 Å². The van der Waals surface area contributed by atoms with E-state index in [1.807, 2.05) is 43.1 Å². The number of carbonyl (C=O) groups is 2. The van der Waals surface area contributed by atoms with Crippen LogP contribution in [0.3, 0.4) is 0 Å². The molecule has 2 aliphatic heterocycles. The predicted octanol–water partition coefficient (Wildman–Crippen LogP) is 2.86. The van der Waals surface area contributed by atoms with Crippen LogP contribution in [0.4, 0.5) is 4.79 Å². The summed E-state index contributed by atoms with van der Waals surface area (Å²) in [5, 5.41) is 20.4. The van der Waals surface area contributed by atoms with Gasteiger partial charge in [0, 0.05) is 36.1 Å². The number of aromatic amines is 1. The molecule has 2 aliphatic rings. The van der Waals surface area contributed by atoms with E-state index in [1.165, 1.54) is 4.90 Å². The molecular formula is C27H32N4O5. The smallest absolute Gasteiger partial charge is 0.328 e. The van der Waals surface area contributed by atoms with Crippen LogP contribution in [0, 0.1) is 0 Å². The fourth-order valence-corrected chi connectivity index (χ4v) is 5.64. The van der Waals surface area contributed by atoms with Crippen molar-refractivity contribution < 1.29 is 24.5 Å². The predicted molar refractivity (Wildman–Crippen MR) is 135 cm³/mol. The molecule has 0 bridgehead atoms. The van der Waals surface area contributed by atoms with Crippen molar-refractivity contribution in [2.75, 3.05) is 40.4 Å². The number of methoxy groups -OCH3 is 1. The highest BCUT2D eigenvalue weighted by Gasteiger charge is 2.60. The number of fused-ring (bicyclic) bond motifs is 4. The Balaban J connectivity index is 1.59. The van der Waals surface area contributed by atoms with Crippen molar-refractivity contribution >= 4 is 22.8 Å². The van der Waals surface area contributed by atoms with E-state index >= 15 is 0 Å². The van der Waals surface area contributed by atoms with Crippen LogP contribution in [0.5, 0.6) is 11.5 Å². The van der Waals surface area contributed by atoms with Crippen LogP contribution in [-0.2, 0) is 11.2 Å². The van der Waals surface area contributed by atoms with Crippen molar-refractivity contribution in [1.82, 2.24) is 19.7 Å². The number of phenols is 1. The van der Waals surface area contributed by atoms with E-state index in [1.54, 1.807) is 30.2 Å². The zero-order chi connectivity index (χ0) is 25.6. The van der Waals surface area contributed by atoms with Crippen molar-refractivity contribution in [1.29, 1.82) is 0 Å². The van der Waals surface area contributed by atoms with E-state index in [2.05, 4.69) is 4.98 Å². The van der Waals surface area contributed by atoms with E-state index in [0.29, 0.717) is 38.2 Å². The Morgan fingerprint density at radius 1 is 1.19 bits per heavy atom. The molecule has 0 spiro atoms. The van der Waals surface area contributed by atoms with Crippen molar-refractivity contribution in [3.8, 4) is 11.5 Å². The Kier molecular flexibility index (Phi) is 6.13. The minimum Gasteiger partial charge on any atom is -0.508 e. The van der Waals surface area contributed by atoms with Gasteiger partial charge in [-0.25, -0.2) is 4.79 Å². The minimum absolute atomic E-state index is 0.0615. The molecule has 190 valence electrons. The number of phenolic OH excluding ortho intramolecular Hbond substituents is 1. The SMILES string of the molecule is COc1ccc2[nH]c3c(c2c1)C[C@@]1(C)C(=O)N(CCCN(C)CCO)C(=O)N1[C@@H]3c1cccc(O)c1. The maximum absolute atomic E-state index is 13.8. The molecule has 0 radical (unpaired) electrons. The molecule has 9 nitrogen and oxygen atoms in total. The maximum Gasteiger partial charge on any atom is 0.328 e. The van der Waals surface area contributed by atoms with Crippen molar-refractivity contribution in [3.05, 3.63) is 59.3 Å². The van der Waals surface area contributed by atoms with E-state index < -0.39 is 11.6 Å². The number of hydrogen-bond donors (Lipinski definition) is 3. The van der Waals surface area contributed by atoms with E-state index in [-0.39, 0.29) is 24.3 Å². The first-order valence-electron chi connectivity index (χ1n) is 12.2. The number of carbonyl (C=O) groups excluding carboxylic acids is 2. The number of amides is 3. The fourth-order valence-electron chi connectivity index (χ4n) is 5.64. The van der Waals surface area contributed by atoms with Crippen LogP contribution in [-0.4, -0.2) is 87.8 Å². The van der Waals surface area contributed by atoms with Gasteiger partial charge < -0.3 is 24.8 Å². The number of aromatic hydroxyl groups is 1. The summed E-state index contributed by atoms with van der Waals surface area (Å²) in [6.45, 7) is 3.40. The average molecular weight is 493 g/mol. The first-order valence-corrected chi connectivity index (χ1v) is 12.2. The van der Waals surface area contributed by atoms with Crippen LogP contribution >= 0.6 is 0 Å². The van der Waals surface area contributed by atoms with Gasteiger partial charge in [-0.1, -0.05) is 12.1 Å². The van der Waals surface area contributed by atoms with Gasteiger partial charge in [0.25, 0.3) is 5.91 Å². The molecule has 2 aromatic carbocycles. The highest BCUT2D eigenvalue weighted by atomic mass is 16.5. The topological polar surface area (TPSA) is 109 Å². The first kappa shape index (κ1) is 24.1. The van der Waals surface area contributed by atoms with Gasteiger partial charge in [0.2, 0.25) is 0 Å². The maximum atomic E-state index is 13.8. The first-order chi connectivity index (χ1) is 17.3. The molecule has 0 aliphatic carbocycles. The second kappa shape index (κ2) is 9.15. The second-order valence-electron chi connectivity index (χ2n) is 9.87. The lowest BCUT2D eigenvalue weighted by molar-refractivity contribution is -0.133. The minimum atomic E-state index is -1.07. The third kappa shape index (κ3) is 3.79. The molecule has 1 aromatic heterocycles. The number of H-pyrrole nitrogens is 1. The number of aliphatic hydroxyl groups excluding tert-OH is 1. The van der Waals surface area contributed by atoms with Gasteiger partial charge in [0.1, 0.15) is 23.1 Å². The molecule has 1 fully saturated rings. The molecule has 3 N–H and O–H groups in total. The number of ether oxygens (including phenoxy) is 1. The van der Waals surface area contributed by atoms with Gasteiger partial charge >= 0.3 is 6.03 Å². The molecule has 36 heavy (non-hydrogen) atoms. The van der Waals surface area contributed by atoms with E-state index in [4.69, 9.17) is 9.84 Å². The monoisotopic (exact) mass is 492 g/mol. The summed E-state index contributed by atoms with van der Waals surface area (Å²) in [7, 11) is 3.52. The van der Waals surface area contributed by atoms with Crippen LogP contribution < -0.4 is 4.74 Å². The number of hydrogen-bond acceptors (Lipinski definition) is 6. The third-order valence-electron chi connectivity index (χ3n) is 7.46. The number of likely N-dealkylation sites (N-methyl/N-ethyl adjacent to an activating group) is 1. The molecule has 5 rings (SSSR count). The standard InChI is InChI=1S/C27H32N4O5/c1-27-16-21-20-15-19(36-3)8-9-22(20)28-23(21)24(17-6-4-7-18(33)14-17)31(27)26(35)30(25(27)34)11-5-10-29(2)12-13-32/h4,6-9,14-15,24,28,32-33H,5,10-13,16H2,1-3H3/t24-,27+/m1/s1. The van der Waals surface area contributed by atoms with E-state index in [9.17, 15) is 14.7 Å². The highest BCUT2D eigenvalue weighted by molar-refractivity contribution is 6.08. The largest absolute Gasteiger partial charge is 0.508 e. The van der Waals surface area contributed by atoms with Gasteiger partial charge in [0.05, 0.1) is 13.7 Å². The molecule has 3 amide bonds. The summed E-state index contributed by atoms with van der Waals surface area (Å²) in [5.74, 6) is 0.597. The highest BCUT2D eigenvalue weighted by Crippen LogP contribution is 2.49. The molecule has 3 aromatic rings. The molecule has 3 heterocycles. The van der Waals surface area contributed by atoms with E-state index in [0.717, 1.165) is 27.7 Å². The van der Waals surface area contributed by atoms with Crippen molar-refractivity contribution in [2.24, 2.45) is 0 Å². The fraction of sp³-hybridized carbons (Fsp3) is 0.407. The number of nitrogens with one attached hydrogen (secondary N) is 1. The summed E-state index contributed by atoms with van der Waals surface area (Å²) >= 11 is 0. The number of urea groups is 1. The van der Waals surface area contributed by atoms with Crippen LogP contribution in [0.1, 0.15) is 36.2 Å². The lowest BCUT2D eigenvalue weighted by atomic mass is 9.81. The number of rotatable bonds is 8. The second-order valence-corrected chi connectivity index (χ2v) is 9.87. The van der Waals surface area contributed by atoms with Gasteiger partial charge in [-0.15, -0.1) is 0 Å². The van der Waals surface area contributed by atoms with Gasteiger partial charge in [-0.2, -0.15) is 0 Å². The van der Waals surface area contributed by atoms with Crippen molar-refractivity contribution in [3.63, 3.8) is 0 Å². The van der Waals surface area contributed by atoms with Gasteiger partial charge in [-0.3, -0.25) is 14.6 Å². The summed E-state index contributed by atoms with van der Waals surface area (Å²) in [4.78, 5) is 36.2. The lowest BCUT2D eigenvalue weighted by Crippen LogP contribution is -2.53. The summed E-state index contributed by atoms with van der Waals surface area (Å²) in [6.07, 6.45) is 0.983. The zero-order valence-corrected chi connectivity index (χ0v) is 20.8. The Morgan fingerprint density at radius 2 is 2.00 bits per heavy atom. The number of aromatic nitrogens is 1. The molecule has 9 heteroatoms. The number of nitrogens with zero attached hydrogens (tertiary/aromatic N) is 3. The van der Waals surface area contributed by atoms with Crippen molar-refractivity contribution in [2.45, 2.75) is 31.3 Å². The number of aliphatic hydroxyl groups is 1. The Hall–Kier alpha value is -3.56.